The number of hydrogen-bond acceptors (Lipinski definition) is 2. The van der Waals surface area contributed by atoms with Gasteiger partial charge in [0.15, 0.2) is 0 Å². The molecule has 1 aliphatic rings. The molecule has 82 valence electrons. The van der Waals surface area contributed by atoms with E-state index >= 15 is 0 Å². The van der Waals surface area contributed by atoms with Crippen molar-refractivity contribution in [2.24, 2.45) is 0 Å². The fourth-order valence-electron chi connectivity index (χ4n) is 2.21. The molecule has 1 saturated heterocycles. The Morgan fingerprint density at radius 1 is 1.27 bits per heavy atom. The molecule has 1 aromatic carbocycles. The molecule has 2 nitrogen and oxygen atoms in total. The maximum Gasteiger partial charge on any atom is 0.0629 e. The third kappa shape index (κ3) is 2.33. The fraction of sp³-hybridized carbons (Fsp3) is 0.500. The quantitative estimate of drug-likeness (QED) is 0.855. The molecule has 0 spiro atoms. The Labute approximate surface area is 95.5 Å². The van der Waals surface area contributed by atoms with Gasteiger partial charge in [-0.15, -0.1) is 0 Å². The third-order valence-corrected chi connectivity index (χ3v) is 3.36. The molecule has 0 radical (unpaired) electrons. The van der Waals surface area contributed by atoms with Crippen LogP contribution in [0.4, 0.5) is 0 Å². The summed E-state index contributed by atoms with van der Waals surface area (Å²) in [7, 11) is 0. The van der Waals surface area contributed by atoms with Crippen LogP contribution in [0.25, 0.3) is 0 Å². The SMILES string of the molecule is OC[C@@H](c1ccccc1Cl)N1CCCC1. The number of rotatable bonds is 3. The zero-order chi connectivity index (χ0) is 10.7. The summed E-state index contributed by atoms with van der Waals surface area (Å²) in [6, 6.07) is 7.85. The maximum absolute atomic E-state index is 9.46. The first-order chi connectivity index (χ1) is 7.33. The minimum Gasteiger partial charge on any atom is -0.394 e. The first-order valence-corrected chi connectivity index (χ1v) is 5.80. The molecule has 1 atom stereocenters. The molecule has 0 saturated carbocycles. The number of halogens is 1. The first kappa shape index (κ1) is 10.9. The van der Waals surface area contributed by atoms with Gasteiger partial charge in [-0.2, -0.15) is 0 Å². The second-order valence-electron chi connectivity index (χ2n) is 3.96. The summed E-state index contributed by atoms with van der Waals surface area (Å²) < 4.78 is 0. The topological polar surface area (TPSA) is 23.5 Å². The molecule has 0 aliphatic carbocycles. The Morgan fingerprint density at radius 2 is 1.93 bits per heavy atom. The standard InChI is InChI=1S/C12H16ClNO/c13-11-6-2-1-5-10(11)12(9-15)14-7-3-4-8-14/h1-2,5-6,12,15H,3-4,7-9H2/t12-/m0/s1. The van der Waals surface area contributed by atoms with Crippen LogP contribution >= 0.6 is 11.6 Å². The van der Waals surface area contributed by atoms with Crippen molar-refractivity contribution in [3.05, 3.63) is 34.9 Å². The van der Waals surface area contributed by atoms with E-state index in [1.165, 1.54) is 12.8 Å². The van der Waals surface area contributed by atoms with Crippen LogP contribution in [0.2, 0.25) is 5.02 Å². The van der Waals surface area contributed by atoms with Crippen LogP contribution in [-0.2, 0) is 0 Å². The average Bonchev–Trinajstić information content (AvgIpc) is 2.75. The second-order valence-corrected chi connectivity index (χ2v) is 4.37. The molecule has 1 heterocycles. The predicted molar refractivity (Wildman–Crippen MR) is 62.1 cm³/mol. The Hall–Kier alpha value is -0.570. The molecule has 1 aromatic rings. The van der Waals surface area contributed by atoms with Gasteiger partial charge in [-0.25, -0.2) is 0 Å². The van der Waals surface area contributed by atoms with Gasteiger partial charge in [0.05, 0.1) is 12.6 Å². The molecule has 2 rings (SSSR count). The second kappa shape index (κ2) is 4.97. The molecule has 1 aliphatic heterocycles. The number of benzene rings is 1. The van der Waals surface area contributed by atoms with E-state index in [0.717, 1.165) is 23.7 Å². The van der Waals surface area contributed by atoms with Crippen LogP contribution in [0.5, 0.6) is 0 Å². The molecular weight excluding hydrogens is 210 g/mol. The maximum atomic E-state index is 9.46. The highest BCUT2D eigenvalue weighted by atomic mass is 35.5. The largest absolute Gasteiger partial charge is 0.394 e. The summed E-state index contributed by atoms with van der Waals surface area (Å²) in [6.07, 6.45) is 2.45. The van der Waals surface area contributed by atoms with Crippen LogP contribution < -0.4 is 0 Å². The number of aliphatic hydroxyl groups excluding tert-OH is 1. The summed E-state index contributed by atoms with van der Waals surface area (Å²) >= 11 is 6.14. The van der Waals surface area contributed by atoms with Crippen molar-refractivity contribution in [2.45, 2.75) is 18.9 Å². The van der Waals surface area contributed by atoms with E-state index in [4.69, 9.17) is 11.6 Å². The zero-order valence-electron chi connectivity index (χ0n) is 8.69. The predicted octanol–water partition coefficient (Wildman–Crippen LogP) is 2.47. The van der Waals surface area contributed by atoms with E-state index in [2.05, 4.69) is 4.90 Å². The van der Waals surface area contributed by atoms with E-state index < -0.39 is 0 Å². The van der Waals surface area contributed by atoms with Crippen molar-refractivity contribution in [1.82, 2.24) is 4.90 Å². The van der Waals surface area contributed by atoms with E-state index in [0.29, 0.717) is 0 Å². The number of nitrogens with zero attached hydrogens (tertiary/aromatic N) is 1. The van der Waals surface area contributed by atoms with E-state index in [-0.39, 0.29) is 12.6 Å². The highest BCUT2D eigenvalue weighted by Gasteiger charge is 2.23. The Balaban J connectivity index is 2.22. The Bertz CT molecular complexity index is 323. The van der Waals surface area contributed by atoms with Crippen LogP contribution in [0, 0.1) is 0 Å². The lowest BCUT2D eigenvalue weighted by Gasteiger charge is -2.26. The molecule has 0 bridgehead atoms. The van der Waals surface area contributed by atoms with E-state index in [9.17, 15) is 5.11 Å². The van der Waals surface area contributed by atoms with Crippen molar-refractivity contribution in [2.75, 3.05) is 19.7 Å². The highest BCUT2D eigenvalue weighted by Crippen LogP contribution is 2.29. The van der Waals surface area contributed by atoms with Gasteiger partial charge in [-0.05, 0) is 37.6 Å². The smallest absolute Gasteiger partial charge is 0.0629 e. The van der Waals surface area contributed by atoms with Crippen molar-refractivity contribution < 1.29 is 5.11 Å². The highest BCUT2D eigenvalue weighted by molar-refractivity contribution is 6.31. The average molecular weight is 226 g/mol. The minimum atomic E-state index is 0.0706. The fourth-order valence-corrected chi connectivity index (χ4v) is 2.47. The van der Waals surface area contributed by atoms with Gasteiger partial charge in [0.2, 0.25) is 0 Å². The molecule has 1 N–H and O–H groups in total. The van der Waals surface area contributed by atoms with Crippen LogP contribution in [-0.4, -0.2) is 29.7 Å². The van der Waals surface area contributed by atoms with Crippen molar-refractivity contribution in [3.8, 4) is 0 Å². The lowest BCUT2D eigenvalue weighted by molar-refractivity contribution is 0.147. The molecule has 0 amide bonds. The Morgan fingerprint density at radius 3 is 2.53 bits per heavy atom. The number of hydrogen-bond donors (Lipinski definition) is 1. The van der Waals surface area contributed by atoms with Gasteiger partial charge in [0.25, 0.3) is 0 Å². The van der Waals surface area contributed by atoms with Gasteiger partial charge < -0.3 is 5.11 Å². The number of likely N-dealkylation sites (tertiary alicyclic amines) is 1. The summed E-state index contributed by atoms with van der Waals surface area (Å²) in [5.41, 5.74) is 1.04. The van der Waals surface area contributed by atoms with Crippen LogP contribution in [0.1, 0.15) is 24.4 Å². The summed E-state index contributed by atoms with van der Waals surface area (Å²) in [6.45, 7) is 2.27. The Kier molecular flexibility index (Phi) is 3.62. The van der Waals surface area contributed by atoms with E-state index in [1.807, 2.05) is 24.3 Å². The molecule has 15 heavy (non-hydrogen) atoms. The van der Waals surface area contributed by atoms with Crippen molar-refractivity contribution >= 4 is 11.6 Å². The first-order valence-electron chi connectivity index (χ1n) is 5.42. The summed E-state index contributed by atoms with van der Waals surface area (Å²) in [4.78, 5) is 2.31. The van der Waals surface area contributed by atoms with E-state index in [1.54, 1.807) is 0 Å². The van der Waals surface area contributed by atoms with Gasteiger partial charge in [-0.3, -0.25) is 4.90 Å². The van der Waals surface area contributed by atoms with Crippen molar-refractivity contribution in [1.29, 1.82) is 0 Å². The third-order valence-electron chi connectivity index (χ3n) is 3.02. The number of aliphatic hydroxyl groups is 1. The zero-order valence-corrected chi connectivity index (χ0v) is 9.45. The molecule has 3 heteroatoms. The monoisotopic (exact) mass is 225 g/mol. The summed E-state index contributed by atoms with van der Waals surface area (Å²) in [5.74, 6) is 0. The lowest BCUT2D eigenvalue weighted by Crippen LogP contribution is -2.28. The van der Waals surface area contributed by atoms with Gasteiger partial charge in [0, 0.05) is 5.02 Å². The molecule has 1 fully saturated rings. The summed E-state index contributed by atoms with van der Waals surface area (Å²) in [5, 5.41) is 10.2. The van der Waals surface area contributed by atoms with Crippen LogP contribution in [0.15, 0.2) is 24.3 Å². The lowest BCUT2D eigenvalue weighted by atomic mass is 10.1. The minimum absolute atomic E-state index is 0.0706. The van der Waals surface area contributed by atoms with Gasteiger partial charge in [0.1, 0.15) is 0 Å². The van der Waals surface area contributed by atoms with Crippen molar-refractivity contribution in [3.63, 3.8) is 0 Å². The van der Waals surface area contributed by atoms with Gasteiger partial charge >= 0.3 is 0 Å². The molecule has 0 unspecified atom stereocenters. The molecular formula is C12H16ClNO. The normalized spacial score (nSPS) is 19.3. The van der Waals surface area contributed by atoms with Gasteiger partial charge in [-0.1, -0.05) is 29.8 Å². The van der Waals surface area contributed by atoms with Crippen LogP contribution in [0.3, 0.4) is 0 Å². The molecule has 0 aromatic heterocycles.